The van der Waals surface area contributed by atoms with E-state index >= 15 is 0 Å². The van der Waals surface area contributed by atoms with Gasteiger partial charge in [0, 0.05) is 26.2 Å². The van der Waals surface area contributed by atoms with Crippen molar-refractivity contribution in [2.45, 2.75) is 26.3 Å². The molecular weight excluding hydrogens is 354 g/mol. The van der Waals surface area contributed by atoms with E-state index in [1.54, 1.807) is 18.2 Å². The van der Waals surface area contributed by atoms with E-state index in [-0.39, 0.29) is 0 Å². The molecule has 1 aliphatic heterocycles. The number of guanidine groups is 1. The van der Waals surface area contributed by atoms with Crippen molar-refractivity contribution in [1.29, 1.82) is 0 Å². The molecule has 152 valence electrons. The van der Waals surface area contributed by atoms with E-state index in [2.05, 4.69) is 20.5 Å². The number of morpholine rings is 1. The van der Waals surface area contributed by atoms with Crippen molar-refractivity contribution in [2.75, 3.05) is 52.5 Å². The van der Waals surface area contributed by atoms with Gasteiger partial charge in [0.15, 0.2) is 5.96 Å². The number of halogens is 2. The van der Waals surface area contributed by atoms with Crippen molar-refractivity contribution in [1.82, 2.24) is 15.5 Å². The molecule has 0 aliphatic carbocycles. The van der Waals surface area contributed by atoms with Gasteiger partial charge < -0.3 is 20.1 Å². The summed E-state index contributed by atoms with van der Waals surface area (Å²) < 4.78 is 34.9. The van der Waals surface area contributed by atoms with Crippen LogP contribution in [0, 0.1) is 0 Å². The second kappa shape index (κ2) is 12.5. The van der Waals surface area contributed by atoms with Crippen molar-refractivity contribution >= 4 is 5.96 Å². The summed E-state index contributed by atoms with van der Waals surface area (Å²) in [5.74, 6) is 1.19. The summed E-state index contributed by atoms with van der Waals surface area (Å²) in [5, 5.41) is 6.56. The Morgan fingerprint density at radius 3 is 2.85 bits per heavy atom. The van der Waals surface area contributed by atoms with Crippen molar-refractivity contribution in [3.8, 4) is 5.75 Å². The van der Waals surface area contributed by atoms with Crippen LogP contribution >= 0.6 is 0 Å². The molecule has 0 amide bonds. The zero-order valence-electron chi connectivity index (χ0n) is 15.9. The summed E-state index contributed by atoms with van der Waals surface area (Å²) in [5.41, 5.74) is 0.910. The Kier molecular flexibility index (Phi) is 9.86. The number of alkyl halides is 2. The number of nitrogens with one attached hydrogen (secondary N) is 2. The molecule has 1 aliphatic rings. The molecule has 0 bridgehead atoms. The van der Waals surface area contributed by atoms with Gasteiger partial charge in [-0.3, -0.25) is 4.90 Å². The van der Waals surface area contributed by atoms with E-state index in [9.17, 15) is 8.78 Å². The number of hydrogen-bond acceptors (Lipinski definition) is 4. The molecule has 2 rings (SSSR count). The number of rotatable bonds is 10. The molecule has 1 heterocycles. The number of aliphatic imine (C=N–C) groups is 1. The Hall–Kier alpha value is -1.93. The van der Waals surface area contributed by atoms with Gasteiger partial charge >= 0.3 is 0 Å². The first-order chi connectivity index (χ1) is 13.2. The van der Waals surface area contributed by atoms with Gasteiger partial charge in [0.1, 0.15) is 12.4 Å². The standard InChI is InChI=1S/C19H30F2N4O2/c1-2-22-19(23-7-4-8-25-9-11-26-12-10-25)24-14-16-5-3-6-17(13-16)27-15-18(20)21/h3,5-6,13,18H,2,4,7-12,14-15H2,1H3,(H2,22,23,24). The van der Waals surface area contributed by atoms with Crippen LogP contribution in [0.2, 0.25) is 0 Å². The first kappa shape index (κ1) is 21.4. The third-order valence-corrected chi connectivity index (χ3v) is 4.09. The Balaban J connectivity index is 1.77. The molecule has 0 aromatic heterocycles. The average Bonchev–Trinajstić information content (AvgIpc) is 2.69. The van der Waals surface area contributed by atoms with Crippen LogP contribution < -0.4 is 15.4 Å². The second-order valence-electron chi connectivity index (χ2n) is 6.28. The van der Waals surface area contributed by atoms with E-state index in [0.29, 0.717) is 12.3 Å². The fraction of sp³-hybridized carbons (Fsp3) is 0.632. The van der Waals surface area contributed by atoms with Crippen LogP contribution in [0.5, 0.6) is 5.75 Å². The van der Waals surface area contributed by atoms with Crippen molar-refractivity contribution < 1.29 is 18.3 Å². The Morgan fingerprint density at radius 2 is 2.11 bits per heavy atom. The number of benzene rings is 1. The van der Waals surface area contributed by atoms with Crippen molar-refractivity contribution in [3.05, 3.63) is 29.8 Å². The smallest absolute Gasteiger partial charge is 0.272 e. The van der Waals surface area contributed by atoms with Gasteiger partial charge in [-0.25, -0.2) is 13.8 Å². The monoisotopic (exact) mass is 384 g/mol. The number of ether oxygens (including phenoxy) is 2. The SMILES string of the molecule is CCNC(=NCc1cccc(OCC(F)F)c1)NCCCN1CCOCC1. The van der Waals surface area contributed by atoms with Crippen LogP contribution in [0.1, 0.15) is 18.9 Å². The van der Waals surface area contributed by atoms with Crippen LogP contribution in [0.15, 0.2) is 29.3 Å². The van der Waals surface area contributed by atoms with Gasteiger partial charge in [-0.15, -0.1) is 0 Å². The fourth-order valence-corrected chi connectivity index (χ4v) is 2.74. The molecule has 0 saturated carbocycles. The lowest BCUT2D eigenvalue weighted by molar-refractivity contribution is 0.0376. The maximum atomic E-state index is 12.3. The first-order valence-corrected chi connectivity index (χ1v) is 9.49. The maximum absolute atomic E-state index is 12.3. The average molecular weight is 384 g/mol. The molecule has 1 saturated heterocycles. The van der Waals surface area contributed by atoms with Crippen LogP contribution in [0.3, 0.4) is 0 Å². The Labute approximate surface area is 159 Å². The molecule has 0 atom stereocenters. The molecule has 0 spiro atoms. The zero-order chi connectivity index (χ0) is 19.3. The predicted octanol–water partition coefficient (Wildman–Crippen LogP) is 2.11. The first-order valence-electron chi connectivity index (χ1n) is 9.49. The van der Waals surface area contributed by atoms with Gasteiger partial charge in [-0.2, -0.15) is 0 Å². The summed E-state index contributed by atoms with van der Waals surface area (Å²) in [6.45, 7) is 8.15. The van der Waals surface area contributed by atoms with E-state index in [0.717, 1.165) is 63.9 Å². The van der Waals surface area contributed by atoms with Crippen LogP contribution in [0.4, 0.5) is 8.78 Å². The highest BCUT2D eigenvalue weighted by Crippen LogP contribution is 2.15. The molecule has 2 N–H and O–H groups in total. The fourth-order valence-electron chi connectivity index (χ4n) is 2.74. The Morgan fingerprint density at radius 1 is 1.30 bits per heavy atom. The molecule has 6 nitrogen and oxygen atoms in total. The van der Waals surface area contributed by atoms with Gasteiger partial charge in [-0.1, -0.05) is 12.1 Å². The molecule has 1 fully saturated rings. The summed E-state index contributed by atoms with van der Waals surface area (Å²) in [6.07, 6.45) is -1.45. The van der Waals surface area contributed by atoms with E-state index in [4.69, 9.17) is 9.47 Å². The van der Waals surface area contributed by atoms with Gasteiger partial charge in [-0.05, 0) is 37.6 Å². The van der Waals surface area contributed by atoms with E-state index in [1.165, 1.54) is 0 Å². The highest BCUT2D eigenvalue weighted by atomic mass is 19.3. The molecule has 1 aromatic rings. The minimum atomic E-state index is -2.48. The lowest BCUT2D eigenvalue weighted by atomic mass is 10.2. The topological polar surface area (TPSA) is 58.1 Å². The minimum absolute atomic E-state index is 0.437. The predicted molar refractivity (Wildman–Crippen MR) is 103 cm³/mol. The van der Waals surface area contributed by atoms with Crippen LogP contribution in [0.25, 0.3) is 0 Å². The molecule has 0 radical (unpaired) electrons. The largest absolute Gasteiger partial charge is 0.488 e. The van der Waals surface area contributed by atoms with E-state index < -0.39 is 13.0 Å². The highest BCUT2D eigenvalue weighted by molar-refractivity contribution is 5.79. The third kappa shape index (κ3) is 9.01. The summed E-state index contributed by atoms with van der Waals surface area (Å²) in [6, 6.07) is 7.10. The van der Waals surface area contributed by atoms with E-state index in [1.807, 2.05) is 13.0 Å². The van der Waals surface area contributed by atoms with Gasteiger partial charge in [0.05, 0.1) is 19.8 Å². The van der Waals surface area contributed by atoms with Gasteiger partial charge in [0.2, 0.25) is 0 Å². The zero-order valence-corrected chi connectivity index (χ0v) is 15.9. The highest BCUT2D eigenvalue weighted by Gasteiger charge is 2.09. The third-order valence-electron chi connectivity index (χ3n) is 4.09. The number of nitrogens with zero attached hydrogens (tertiary/aromatic N) is 2. The quantitative estimate of drug-likeness (QED) is 0.368. The molecular formula is C19H30F2N4O2. The minimum Gasteiger partial charge on any atom is -0.488 e. The molecule has 27 heavy (non-hydrogen) atoms. The lowest BCUT2D eigenvalue weighted by Crippen LogP contribution is -2.40. The van der Waals surface area contributed by atoms with Crippen LogP contribution in [-0.4, -0.2) is 69.8 Å². The molecule has 8 heteroatoms. The van der Waals surface area contributed by atoms with Gasteiger partial charge in [0.25, 0.3) is 6.43 Å². The summed E-state index contributed by atoms with van der Waals surface area (Å²) in [4.78, 5) is 6.96. The second-order valence-corrected chi connectivity index (χ2v) is 6.28. The molecule has 0 unspecified atom stereocenters. The Bertz CT molecular complexity index is 566. The number of hydrogen-bond donors (Lipinski definition) is 2. The maximum Gasteiger partial charge on any atom is 0.272 e. The lowest BCUT2D eigenvalue weighted by Gasteiger charge is -2.26. The normalized spacial score (nSPS) is 15.8. The van der Waals surface area contributed by atoms with Crippen molar-refractivity contribution in [3.63, 3.8) is 0 Å². The summed E-state index contributed by atoms with van der Waals surface area (Å²) in [7, 11) is 0. The van der Waals surface area contributed by atoms with Crippen LogP contribution in [-0.2, 0) is 11.3 Å². The molecule has 1 aromatic carbocycles. The van der Waals surface area contributed by atoms with Crippen molar-refractivity contribution in [2.24, 2.45) is 4.99 Å². The summed E-state index contributed by atoms with van der Waals surface area (Å²) >= 11 is 0.